The Labute approximate surface area is 95.8 Å². The van der Waals surface area contributed by atoms with Crippen molar-refractivity contribution in [1.82, 2.24) is 9.13 Å². The fraction of sp³-hybridized carbons (Fsp3) is 0.222. The molecule has 0 atom stereocenters. The van der Waals surface area contributed by atoms with E-state index in [1.54, 1.807) is 0 Å². The third kappa shape index (κ3) is 1.92. The van der Waals surface area contributed by atoms with Gasteiger partial charge in [0, 0.05) is 14.1 Å². The highest BCUT2D eigenvalue weighted by Gasteiger charge is 2.14. The summed E-state index contributed by atoms with van der Waals surface area (Å²) >= 11 is 5.78. The number of anilines is 1. The fourth-order valence-corrected chi connectivity index (χ4v) is 1.30. The average Bonchev–Trinajstić information content (AvgIpc) is 2.29. The molecule has 0 aliphatic rings. The zero-order chi connectivity index (χ0) is 12.5. The zero-order valence-corrected chi connectivity index (χ0v) is 9.54. The molecule has 0 bridgehead atoms. The van der Waals surface area contributed by atoms with Gasteiger partial charge in [-0.25, -0.2) is 4.79 Å². The van der Waals surface area contributed by atoms with Crippen molar-refractivity contribution in [3.63, 3.8) is 0 Å². The van der Waals surface area contributed by atoms with Crippen LogP contribution in [-0.4, -0.2) is 15.0 Å². The number of carbonyl (C=O) groups excluding carboxylic acids is 1. The first-order valence-corrected chi connectivity index (χ1v) is 4.67. The minimum absolute atomic E-state index is 0.122. The summed E-state index contributed by atoms with van der Waals surface area (Å²) in [5.74, 6) is -0.572. The summed E-state index contributed by atoms with van der Waals surface area (Å²) in [6.07, 6.45) is 1.00. The van der Waals surface area contributed by atoms with Crippen LogP contribution in [0.25, 0.3) is 0 Å². The molecule has 1 N–H and O–H groups in total. The van der Waals surface area contributed by atoms with Crippen molar-refractivity contribution in [2.24, 2.45) is 14.1 Å². The number of rotatable bonds is 2. The number of hydrogen-bond donors (Lipinski definition) is 1. The maximum Gasteiger partial charge on any atom is 0.331 e. The molecule has 7 heteroatoms. The van der Waals surface area contributed by atoms with Crippen molar-refractivity contribution in [3.8, 4) is 0 Å². The van der Waals surface area contributed by atoms with E-state index in [4.69, 9.17) is 11.6 Å². The Balaban J connectivity index is 3.52. The first-order valence-electron chi connectivity index (χ1n) is 4.29. The van der Waals surface area contributed by atoms with Gasteiger partial charge in [0.05, 0.1) is 0 Å². The molecule has 0 saturated heterocycles. The summed E-state index contributed by atoms with van der Waals surface area (Å²) in [5, 5.41) is 2.13. The summed E-state index contributed by atoms with van der Waals surface area (Å²) in [7, 11) is 2.69. The Hall–Kier alpha value is -1.82. The van der Waals surface area contributed by atoms with Crippen molar-refractivity contribution in [2.45, 2.75) is 0 Å². The second-order valence-electron chi connectivity index (χ2n) is 3.06. The Morgan fingerprint density at radius 2 is 1.94 bits per heavy atom. The van der Waals surface area contributed by atoms with Crippen LogP contribution >= 0.6 is 11.6 Å². The Kier molecular flexibility index (Phi) is 3.34. The topological polar surface area (TPSA) is 73.1 Å². The van der Waals surface area contributed by atoms with E-state index in [0.717, 1.165) is 15.2 Å². The van der Waals surface area contributed by atoms with Crippen molar-refractivity contribution in [2.75, 3.05) is 5.32 Å². The molecular formula is C9H10ClN3O3. The predicted octanol–water partition coefficient (Wildman–Crippen LogP) is -0.138. The van der Waals surface area contributed by atoms with Gasteiger partial charge < -0.3 is 5.32 Å². The lowest BCUT2D eigenvalue weighted by Crippen LogP contribution is -2.39. The Bertz CT molecular complexity index is 571. The lowest BCUT2D eigenvalue weighted by molar-refractivity contribution is -0.111. The second kappa shape index (κ2) is 4.36. The van der Waals surface area contributed by atoms with E-state index in [1.807, 2.05) is 0 Å². The number of carbonyl (C=O) groups is 1. The van der Waals surface area contributed by atoms with Gasteiger partial charge in [0.1, 0.15) is 10.8 Å². The molecule has 1 aromatic rings. The molecule has 0 aromatic carbocycles. The van der Waals surface area contributed by atoms with Gasteiger partial charge in [-0.3, -0.25) is 18.7 Å². The van der Waals surface area contributed by atoms with Crippen molar-refractivity contribution in [3.05, 3.63) is 38.6 Å². The molecule has 0 saturated carbocycles. The van der Waals surface area contributed by atoms with Crippen LogP contribution in [0.4, 0.5) is 5.69 Å². The normalized spacial score (nSPS) is 9.94. The number of halogens is 1. The van der Waals surface area contributed by atoms with Crippen LogP contribution in [-0.2, 0) is 18.9 Å². The molecule has 0 aliphatic carbocycles. The first kappa shape index (κ1) is 12.3. The van der Waals surface area contributed by atoms with Gasteiger partial charge in [-0.2, -0.15) is 0 Å². The molecular weight excluding hydrogens is 234 g/mol. The highest BCUT2D eigenvalue weighted by Crippen LogP contribution is 2.13. The van der Waals surface area contributed by atoms with Crippen molar-refractivity contribution < 1.29 is 4.79 Å². The minimum Gasteiger partial charge on any atom is -0.315 e. The minimum atomic E-state index is -0.664. The standard InChI is InChI=1S/C9H10ClN3O3/c1-4-5(14)11-6-7(10)12(2)9(16)13(3)8(6)15/h4H,1H2,2-3H3,(H,11,14). The Morgan fingerprint density at radius 1 is 1.38 bits per heavy atom. The predicted molar refractivity (Wildman–Crippen MR) is 60.8 cm³/mol. The second-order valence-corrected chi connectivity index (χ2v) is 3.42. The number of nitrogens with one attached hydrogen (secondary N) is 1. The maximum atomic E-state index is 11.6. The molecule has 1 aromatic heterocycles. The number of hydrogen-bond acceptors (Lipinski definition) is 3. The van der Waals surface area contributed by atoms with E-state index < -0.39 is 17.2 Å². The highest BCUT2D eigenvalue weighted by molar-refractivity contribution is 6.32. The molecule has 0 aliphatic heterocycles. The third-order valence-electron chi connectivity index (χ3n) is 2.03. The van der Waals surface area contributed by atoms with E-state index in [2.05, 4.69) is 11.9 Å². The summed E-state index contributed by atoms with van der Waals surface area (Å²) in [4.78, 5) is 34.1. The van der Waals surface area contributed by atoms with Crippen LogP contribution in [0.1, 0.15) is 0 Å². The molecule has 0 radical (unpaired) electrons. The van der Waals surface area contributed by atoms with E-state index in [-0.39, 0.29) is 10.8 Å². The van der Waals surface area contributed by atoms with Gasteiger partial charge in [-0.1, -0.05) is 18.2 Å². The van der Waals surface area contributed by atoms with Crippen LogP contribution < -0.4 is 16.6 Å². The van der Waals surface area contributed by atoms with Gasteiger partial charge >= 0.3 is 5.69 Å². The maximum absolute atomic E-state index is 11.6. The molecule has 1 amide bonds. The van der Waals surface area contributed by atoms with Gasteiger partial charge in [0.15, 0.2) is 0 Å². The van der Waals surface area contributed by atoms with Gasteiger partial charge in [-0.15, -0.1) is 0 Å². The third-order valence-corrected chi connectivity index (χ3v) is 2.47. The number of nitrogens with zero attached hydrogens (tertiary/aromatic N) is 2. The summed E-state index contributed by atoms with van der Waals surface area (Å²) in [6.45, 7) is 3.25. The van der Waals surface area contributed by atoms with E-state index in [1.165, 1.54) is 14.1 Å². The lowest BCUT2D eigenvalue weighted by atomic mass is 10.4. The smallest absolute Gasteiger partial charge is 0.315 e. The summed E-state index contributed by atoms with van der Waals surface area (Å²) < 4.78 is 1.91. The van der Waals surface area contributed by atoms with Crippen molar-refractivity contribution >= 4 is 23.2 Å². The fourth-order valence-electron chi connectivity index (χ4n) is 1.10. The quantitative estimate of drug-likeness (QED) is 0.581. The van der Waals surface area contributed by atoms with E-state index >= 15 is 0 Å². The summed E-state index contributed by atoms with van der Waals surface area (Å²) in [6, 6.07) is 0. The van der Waals surface area contributed by atoms with Gasteiger partial charge in [0.25, 0.3) is 5.56 Å². The molecule has 0 fully saturated rings. The monoisotopic (exact) mass is 243 g/mol. The SMILES string of the molecule is C=CC(=O)Nc1c(Cl)n(C)c(=O)n(C)c1=O. The van der Waals surface area contributed by atoms with Gasteiger partial charge in [0.2, 0.25) is 5.91 Å². The largest absolute Gasteiger partial charge is 0.331 e. The van der Waals surface area contributed by atoms with Crippen molar-refractivity contribution in [1.29, 1.82) is 0 Å². The molecule has 0 unspecified atom stereocenters. The zero-order valence-electron chi connectivity index (χ0n) is 8.78. The molecule has 6 nitrogen and oxygen atoms in total. The van der Waals surface area contributed by atoms with Crippen LogP contribution in [0.15, 0.2) is 22.2 Å². The number of amides is 1. The van der Waals surface area contributed by atoms with Crippen LogP contribution in [0, 0.1) is 0 Å². The molecule has 86 valence electrons. The average molecular weight is 244 g/mol. The van der Waals surface area contributed by atoms with E-state index in [9.17, 15) is 14.4 Å². The first-order chi connectivity index (χ1) is 7.40. The highest BCUT2D eigenvalue weighted by atomic mass is 35.5. The van der Waals surface area contributed by atoms with Crippen LogP contribution in [0.3, 0.4) is 0 Å². The summed E-state index contributed by atoms with van der Waals surface area (Å²) in [5.41, 5.74) is -1.37. The van der Waals surface area contributed by atoms with Gasteiger partial charge in [-0.05, 0) is 6.08 Å². The Morgan fingerprint density at radius 3 is 2.44 bits per heavy atom. The number of aromatic nitrogens is 2. The van der Waals surface area contributed by atoms with E-state index in [0.29, 0.717) is 0 Å². The van der Waals surface area contributed by atoms with Crippen LogP contribution in [0.2, 0.25) is 5.15 Å². The molecule has 16 heavy (non-hydrogen) atoms. The molecule has 1 rings (SSSR count). The molecule has 1 heterocycles. The van der Waals surface area contributed by atoms with Crippen LogP contribution in [0.5, 0.6) is 0 Å². The lowest BCUT2D eigenvalue weighted by Gasteiger charge is -2.09. The molecule has 0 spiro atoms.